The lowest BCUT2D eigenvalue weighted by Gasteiger charge is -2.31. The summed E-state index contributed by atoms with van der Waals surface area (Å²) in [6.45, 7) is 5.48. The van der Waals surface area contributed by atoms with Gasteiger partial charge in [-0.2, -0.15) is 0 Å². The molecule has 3 N–H and O–H groups in total. The minimum atomic E-state index is -0.593. The minimum absolute atomic E-state index is 0.219. The summed E-state index contributed by atoms with van der Waals surface area (Å²) in [5, 5.41) is 3.60. The van der Waals surface area contributed by atoms with Gasteiger partial charge in [0.2, 0.25) is 0 Å². The Morgan fingerprint density at radius 1 is 1.30 bits per heavy atom. The van der Waals surface area contributed by atoms with Crippen LogP contribution in [-0.4, -0.2) is 17.0 Å². The normalized spacial score (nSPS) is 17.7. The van der Waals surface area contributed by atoms with Gasteiger partial charge in [0.15, 0.2) is 0 Å². The summed E-state index contributed by atoms with van der Waals surface area (Å²) in [5.41, 5.74) is 0.157. The van der Waals surface area contributed by atoms with Gasteiger partial charge in [-0.15, -0.1) is 0 Å². The molecule has 8 heteroatoms. The maximum atomic E-state index is 11.7. The maximum absolute atomic E-state index is 11.7. The molecule has 6 nitrogen and oxygen atoms in total. The maximum Gasteiger partial charge on any atom is 0.327 e. The Morgan fingerprint density at radius 2 is 1.95 bits per heavy atom. The van der Waals surface area contributed by atoms with Crippen LogP contribution in [0.5, 0.6) is 0 Å². The number of nitrogens with zero attached hydrogens (tertiary/aromatic N) is 1. The van der Waals surface area contributed by atoms with Crippen LogP contribution in [0.2, 0.25) is 0 Å². The summed E-state index contributed by atoms with van der Waals surface area (Å²) in [7, 11) is 1.68. The number of aromatic amines is 2. The molecule has 1 aliphatic rings. The fraction of sp³-hybridized carbons (Fsp3) is 0.167. The average Bonchev–Trinajstić information content (AvgIpc) is 2.35. The first-order chi connectivity index (χ1) is 9.31. The van der Waals surface area contributed by atoms with E-state index in [-0.39, 0.29) is 5.69 Å². The van der Waals surface area contributed by atoms with Crippen molar-refractivity contribution in [3.8, 4) is 0 Å². The first-order valence-electron chi connectivity index (χ1n) is 5.61. The number of hydrogen-bond donors (Lipinski definition) is 3. The number of aromatic nitrogens is 2. The van der Waals surface area contributed by atoms with Crippen molar-refractivity contribution >= 4 is 34.7 Å². The van der Waals surface area contributed by atoms with Crippen LogP contribution in [0.15, 0.2) is 43.7 Å². The third-order valence-corrected chi connectivity index (χ3v) is 3.49. The van der Waals surface area contributed by atoms with Crippen molar-refractivity contribution in [3.05, 3.63) is 55.0 Å². The van der Waals surface area contributed by atoms with E-state index in [1.54, 1.807) is 24.9 Å². The van der Waals surface area contributed by atoms with E-state index in [2.05, 4.69) is 21.9 Å². The SMILES string of the molecule is C=C1Nc2c([nH]c(=O)[nH]c2=O)N(C)/C1=C/C(Cl)=C(\C)Cl. The Morgan fingerprint density at radius 3 is 2.55 bits per heavy atom. The third kappa shape index (κ3) is 2.52. The van der Waals surface area contributed by atoms with Crippen molar-refractivity contribution < 1.29 is 0 Å². The number of halogens is 2. The molecule has 0 spiro atoms. The Bertz CT molecular complexity index is 753. The molecule has 106 valence electrons. The molecule has 1 aromatic heterocycles. The van der Waals surface area contributed by atoms with Crippen molar-refractivity contribution in [1.82, 2.24) is 9.97 Å². The van der Waals surface area contributed by atoms with Gasteiger partial charge in [0.05, 0.1) is 16.4 Å². The van der Waals surface area contributed by atoms with E-state index in [1.807, 2.05) is 0 Å². The largest absolute Gasteiger partial charge is 0.347 e. The standard InChI is InChI=1S/C12H12Cl2N4O2/c1-5(13)7(14)4-8-6(2)15-9-10(18(8)3)16-12(20)17-11(9)19/h4,15H,2H2,1,3H3,(H2,16,17,19,20)/b7-5-,8-4+. The van der Waals surface area contributed by atoms with Crippen molar-refractivity contribution in [3.63, 3.8) is 0 Å². The first kappa shape index (κ1) is 14.5. The van der Waals surface area contributed by atoms with E-state index in [0.29, 0.717) is 27.3 Å². The van der Waals surface area contributed by atoms with E-state index >= 15 is 0 Å². The Balaban J connectivity index is 2.63. The molecule has 0 aromatic carbocycles. The zero-order valence-electron chi connectivity index (χ0n) is 10.8. The third-order valence-electron chi connectivity index (χ3n) is 2.80. The highest BCUT2D eigenvalue weighted by atomic mass is 35.5. The summed E-state index contributed by atoms with van der Waals surface area (Å²) in [4.78, 5) is 29.4. The predicted molar refractivity (Wildman–Crippen MR) is 81.3 cm³/mol. The van der Waals surface area contributed by atoms with Gasteiger partial charge in [0.1, 0.15) is 11.5 Å². The van der Waals surface area contributed by atoms with Gasteiger partial charge in [-0.3, -0.25) is 14.8 Å². The van der Waals surface area contributed by atoms with Crippen molar-refractivity contribution in [2.45, 2.75) is 6.92 Å². The Labute approximate surface area is 124 Å². The molecule has 0 radical (unpaired) electrons. The average molecular weight is 315 g/mol. The molecule has 2 rings (SSSR count). The summed E-state index contributed by atoms with van der Waals surface area (Å²) in [6, 6.07) is 0. The topological polar surface area (TPSA) is 81.0 Å². The van der Waals surface area contributed by atoms with Crippen molar-refractivity contribution in [2.75, 3.05) is 17.3 Å². The van der Waals surface area contributed by atoms with Crippen LogP contribution in [0.3, 0.4) is 0 Å². The second-order valence-corrected chi connectivity index (χ2v) is 5.18. The zero-order valence-corrected chi connectivity index (χ0v) is 12.3. The molecule has 0 amide bonds. The highest BCUT2D eigenvalue weighted by molar-refractivity contribution is 6.40. The number of H-pyrrole nitrogens is 2. The van der Waals surface area contributed by atoms with Crippen molar-refractivity contribution in [1.29, 1.82) is 0 Å². The smallest absolute Gasteiger partial charge is 0.327 e. The molecule has 0 saturated heterocycles. The van der Waals surface area contributed by atoms with E-state index < -0.39 is 11.2 Å². The van der Waals surface area contributed by atoms with Gasteiger partial charge in [-0.1, -0.05) is 29.8 Å². The molecule has 2 heterocycles. The Hall–Kier alpha value is -1.92. The molecule has 20 heavy (non-hydrogen) atoms. The van der Waals surface area contributed by atoms with Crippen molar-refractivity contribution in [2.24, 2.45) is 0 Å². The molecule has 0 fully saturated rings. The number of hydrogen-bond acceptors (Lipinski definition) is 4. The van der Waals surface area contributed by atoms with Gasteiger partial charge in [0.25, 0.3) is 5.56 Å². The van der Waals surface area contributed by atoms with E-state index in [1.165, 1.54) is 0 Å². The first-order valence-corrected chi connectivity index (χ1v) is 6.37. The van der Waals surface area contributed by atoms with Crippen LogP contribution in [0.4, 0.5) is 11.5 Å². The predicted octanol–water partition coefficient (Wildman–Crippen LogP) is 2.03. The van der Waals surface area contributed by atoms with Gasteiger partial charge < -0.3 is 10.2 Å². The summed E-state index contributed by atoms with van der Waals surface area (Å²) in [5.74, 6) is 0.328. The second kappa shape index (κ2) is 5.22. The number of nitrogens with one attached hydrogen (secondary N) is 3. The lowest BCUT2D eigenvalue weighted by molar-refractivity contribution is 0.952. The molecule has 0 unspecified atom stereocenters. The van der Waals surface area contributed by atoms with Gasteiger partial charge in [-0.25, -0.2) is 4.79 Å². The van der Waals surface area contributed by atoms with Gasteiger partial charge in [-0.05, 0) is 13.0 Å². The number of fused-ring (bicyclic) bond motifs is 1. The molecule has 0 atom stereocenters. The lowest BCUT2D eigenvalue weighted by atomic mass is 10.2. The molecular weight excluding hydrogens is 303 g/mol. The summed E-state index contributed by atoms with van der Waals surface area (Å²) >= 11 is 11.8. The summed E-state index contributed by atoms with van der Waals surface area (Å²) in [6.07, 6.45) is 1.60. The van der Waals surface area contributed by atoms with E-state index in [4.69, 9.17) is 23.2 Å². The molecule has 0 saturated carbocycles. The van der Waals surface area contributed by atoms with Crippen LogP contribution < -0.4 is 21.5 Å². The monoisotopic (exact) mass is 314 g/mol. The fourth-order valence-electron chi connectivity index (χ4n) is 1.78. The number of allylic oxidation sites excluding steroid dienone is 3. The quantitative estimate of drug-likeness (QED) is 0.741. The molecule has 1 aromatic rings. The Kier molecular flexibility index (Phi) is 3.78. The van der Waals surface area contributed by atoms with Crippen LogP contribution in [-0.2, 0) is 0 Å². The van der Waals surface area contributed by atoms with Crippen LogP contribution in [0, 0.1) is 0 Å². The zero-order chi connectivity index (χ0) is 15.0. The van der Waals surface area contributed by atoms with Crippen LogP contribution in [0.1, 0.15) is 6.92 Å². The van der Waals surface area contributed by atoms with Gasteiger partial charge in [0, 0.05) is 12.1 Å². The lowest BCUT2D eigenvalue weighted by Crippen LogP contribution is -2.35. The van der Waals surface area contributed by atoms with E-state index in [9.17, 15) is 9.59 Å². The van der Waals surface area contributed by atoms with Crippen LogP contribution in [0.25, 0.3) is 0 Å². The van der Waals surface area contributed by atoms with Crippen LogP contribution >= 0.6 is 23.2 Å². The number of anilines is 2. The molecule has 1 aliphatic heterocycles. The number of likely N-dealkylation sites (N-methyl/N-ethyl adjacent to an activating group) is 1. The summed E-state index contributed by atoms with van der Waals surface area (Å²) < 4.78 is 0. The highest BCUT2D eigenvalue weighted by Crippen LogP contribution is 2.32. The molecule has 0 aliphatic carbocycles. The van der Waals surface area contributed by atoms with Gasteiger partial charge >= 0.3 is 5.69 Å². The number of rotatable bonds is 1. The molecular formula is C12H12Cl2N4O2. The fourth-order valence-corrected chi connectivity index (χ4v) is 1.94. The minimum Gasteiger partial charge on any atom is -0.347 e. The highest BCUT2D eigenvalue weighted by Gasteiger charge is 2.24. The second-order valence-electron chi connectivity index (χ2n) is 4.21. The van der Waals surface area contributed by atoms with E-state index in [0.717, 1.165) is 0 Å². The molecule has 0 bridgehead atoms.